The molecule has 2 heterocycles. The van der Waals surface area contributed by atoms with Crippen molar-refractivity contribution in [3.05, 3.63) is 52.1 Å². The normalized spacial score (nSPS) is 10.3. The molecule has 0 aliphatic rings. The second-order valence-electron chi connectivity index (χ2n) is 3.87. The number of furan rings is 1. The Morgan fingerprint density at radius 3 is 3.06 bits per heavy atom. The molecular weight excluding hydrogens is 234 g/mol. The van der Waals surface area contributed by atoms with Crippen LogP contribution in [0.5, 0.6) is 0 Å². The van der Waals surface area contributed by atoms with Gasteiger partial charge in [-0.1, -0.05) is 0 Å². The van der Waals surface area contributed by atoms with E-state index >= 15 is 0 Å². The van der Waals surface area contributed by atoms with Gasteiger partial charge in [-0.25, -0.2) is 4.98 Å². The summed E-state index contributed by atoms with van der Waals surface area (Å²) in [7, 11) is 0. The van der Waals surface area contributed by atoms with Gasteiger partial charge in [-0.15, -0.1) is 0 Å². The molecule has 0 radical (unpaired) electrons. The summed E-state index contributed by atoms with van der Waals surface area (Å²) in [6.45, 7) is 2.28. The van der Waals surface area contributed by atoms with Gasteiger partial charge in [0.25, 0.3) is 5.69 Å². The van der Waals surface area contributed by atoms with E-state index in [1.165, 1.54) is 12.3 Å². The zero-order valence-corrected chi connectivity index (χ0v) is 9.92. The highest BCUT2D eigenvalue weighted by atomic mass is 16.6. The van der Waals surface area contributed by atoms with E-state index in [1.807, 2.05) is 12.1 Å². The standard InChI is InChI=1S/C12H13N3O3/c1-9-8-14-12(7-11(9)15(16)17)13-5-4-10-3-2-6-18-10/h2-3,6-8H,4-5H2,1H3,(H,13,14). The quantitative estimate of drug-likeness (QED) is 0.648. The van der Waals surface area contributed by atoms with Crippen molar-refractivity contribution in [2.75, 3.05) is 11.9 Å². The SMILES string of the molecule is Cc1cnc(NCCc2ccco2)cc1[N+](=O)[O-]. The van der Waals surface area contributed by atoms with Crippen LogP contribution in [-0.4, -0.2) is 16.5 Å². The molecule has 0 aliphatic heterocycles. The highest BCUT2D eigenvalue weighted by molar-refractivity contribution is 5.48. The van der Waals surface area contributed by atoms with Gasteiger partial charge in [0.2, 0.25) is 0 Å². The molecule has 6 nitrogen and oxygen atoms in total. The van der Waals surface area contributed by atoms with Crippen molar-refractivity contribution in [1.29, 1.82) is 0 Å². The van der Waals surface area contributed by atoms with Crippen LogP contribution in [-0.2, 0) is 6.42 Å². The van der Waals surface area contributed by atoms with E-state index in [4.69, 9.17) is 4.42 Å². The molecule has 2 aromatic heterocycles. The molecule has 2 aromatic rings. The second kappa shape index (κ2) is 5.31. The maximum Gasteiger partial charge on any atom is 0.277 e. The third-order valence-corrected chi connectivity index (χ3v) is 2.53. The van der Waals surface area contributed by atoms with Crippen LogP contribution in [0.25, 0.3) is 0 Å². The van der Waals surface area contributed by atoms with Gasteiger partial charge in [0.05, 0.1) is 17.3 Å². The fourth-order valence-corrected chi connectivity index (χ4v) is 1.58. The lowest BCUT2D eigenvalue weighted by Crippen LogP contribution is -2.06. The van der Waals surface area contributed by atoms with E-state index in [-0.39, 0.29) is 5.69 Å². The average Bonchev–Trinajstić information content (AvgIpc) is 2.84. The van der Waals surface area contributed by atoms with Crippen LogP contribution in [0, 0.1) is 17.0 Å². The second-order valence-corrected chi connectivity index (χ2v) is 3.87. The van der Waals surface area contributed by atoms with Gasteiger partial charge in [-0.3, -0.25) is 10.1 Å². The van der Waals surface area contributed by atoms with E-state index < -0.39 is 4.92 Å². The molecule has 0 unspecified atom stereocenters. The first-order valence-corrected chi connectivity index (χ1v) is 5.54. The Bertz CT molecular complexity index is 538. The van der Waals surface area contributed by atoms with E-state index in [2.05, 4.69) is 10.3 Å². The maximum absolute atomic E-state index is 10.8. The smallest absolute Gasteiger partial charge is 0.277 e. The number of nitrogens with one attached hydrogen (secondary N) is 1. The minimum Gasteiger partial charge on any atom is -0.469 e. The summed E-state index contributed by atoms with van der Waals surface area (Å²) in [6.07, 6.45) is 3.81. The molecule has 0 aromatic carbocycles. The van der Waals surface area contributed by atoms with Crippen LogP contribution in [0.1, 0.15) is 11.3 Å². The van der Waals surface area contributed by atoms with Gasteiger partial charge in [0, 0.05) is 24.7 Å². The molecule has 0 spiro atoms. The van der Waals surface area contributed by atoms with Crippen molar-refractivity contribution in [3.8, 4) is 0 Å². The molecule has 6 heteroatoms. The van der Waals surface area contributed by atoms with Crippen LogP contribution in [0.4, 0.5) is 11.5 Å². The predicted molar refractivity (Wildman–Crippen MR) is 66.5 cm³/mol. The Balaban J connectivity index is 1.97. The molecular formula is C12H13N3O3. The number of nitrogens with zero attached hydrogens (tertiary/aromatic N) is 2. The van der Waals surface area contributed by atoms with Crippen molar-refractivity contribution < 1.29 is 9.34 Å². The molecule has 94 valence electrons. The van der Waals surface area contributed by atoms with Crippen LogP contribution < -0.4 is 5.32 Å². The van der Waals surface area contributed by atoms with Crippen LogP contribution >= 0.6 is 0 Å². The zero-order valence-electron chi connectivity index (χ0n) is 9.92. The number of anilines is 1. The highest BCUT2D eigenvalue weighted by Crippen LogP contribution is 2.19. The maximum atomic E-state index is 10.8. The first-order chi connectivity index (χ1) is 8.66. The topological polar surface area (TPSA) is 81.2 Å². The van der Waals surface area contributed by atoms with Gasteiger partial charge in [-0.2, -0.15) is 0 Å². The van der Waals surface area contributed by atoms with Crippen molar-refractivity contribution in [2.24, 2.45) is 0 Å². The Hall–Kier alpha value is -2.37. The lowest BCUT2D eigenvalue weighted by molar-refractivity contribution is -0.385. The molecule has 1 N–H and O–H groups in total. The van der Waals surface area contributed by atoms with Crippen molar-refractivity contribution in [1.82, 2.24) is 4.98 Å². The minimum absolute atomic E-state index is 0.0745. The van der Waals surface area contributed by atoms with E-state index in [0.29, 0.717) is 24.3 Å². The summed E-state index contributed by atoms with van der Waals surface area (Å²) in [6, 6.07) is 5.15. The Labute approximate surface area is 104 Å². The van der Waals surface area contributed by atoms with Gasteiger partial charge >= 0.3 is 0 Å². The predicted octanol–water partition coefficient (Wildman–Crippen LogP) is 2.55. The minimum atomic E-state index is -0.408. The Kier molecular flexibility index (Phi) is 3.57. The average molecular weight is 247 g/mol. The fraction of sp³-hybridized carbons (Fsp3) is 0.250. The molecule has 0 atom stereocenters. The highest BCUT2D eigenvalue weighted by Gasteiger charge is 2.11. The summed E-state index contributed by atoms with van der Waals surface area (Å²) in [5.41, 5.74) is 0.627. The summed E-state index contributed by atoms with van der Waals surface area (Å²) >= 11 is 0. The van der Waals surface area contributed by atoms with Gasteiger partial charge in [0.1, 0.15) is 11.6 Å². The van der Waals surface area contributed by atoms with Crippen molar-refractivity contribution in [3.63, 3.8) is 0 Å². The molecule has 0 amide bonds. The van der Waals surface area contributed by atoms with Crippen molar-refractivity contribution >= 4 is 11.5 Å². The first-order valence-electron chi connectivity index (χ1n) is 5.54. The Morgan fingerprint density at radius 2 is 2.39 bits per heavy atom. The van der Waals surface area contributed by atoms with Crippen molar-refractivity contribution in [2.45, 2.75) is 13.3 Å². The lowest BCUT2D eigenvalue weighted by Gasteiger charge is -2.05. The fourth-order valence-electron chi connectivity index (χ4n) is 1.58. The number of hydrogen-bond acceptors (Lipinski definition) is 5. The van der Waals surface area contributed by atoms with Crippen LogP contribution in [0.15, 0.2) is 35.1 Å². The van der Waals surface area contributed by atoms with Gasteiger partial charge in [-0.05, 0) is 19.1 Å². The number of hydrogen-bond donors (Lipinski definition) is 1. The first kappa shape index (κ1) is 12.1. The molecule has 0 saturated heterocycles. The Morgan fingerprint density at radius 1 is 1.56 bits per heavy atom. The molecule has 0 bridgehead atoms. The zero-order chi connectivity index (χ0) is 13.0. The molecule has 2 rings (SSSR count). The third kappa shape index (κ3) is 2.85. The van der Waals surface area contributed by atoms with Crippen LogP contribution in [0.2, 0.25) is 0 Å². The summed E-state index contributed by atoms with van der Waals surface area (Å²) < 4.78 is 5.18. The van der Waals surface area contributed by atoms with E-state index in [0.717, 1.165) is 5.76 Å². The molecule has 0 fully saturated rings. The molecule has 18 heavy (non-hydrogen) atoms. The molecule has 0 aliphatic carbocycles. The van der Waals surface area contributed by atoms with Gasteiger partial charge < -0.3 is 9.73 Å². The van der Waals surface area contributed by atoms with E-state index in [9.17, 15) is 10.1 Å². The number of nitro groups is 1. The number of aryl methyl sites for hydroxylation is 1. The summed E-state index contributed by atoms with van der Waals surface area (Å²) in [5.74, 6) is 1.36. The summed E-state index contributed by atoms with van der Waals surface area (Å²) in [4.78, 5) is 14.5. The monoisotopic (exact) mass is 247 g/mol. The summed E-state index contributed by atoms with van der Waals surface area (Å²) in [5, 5.41) is 13.8. The number of aromatic nitrogens is 1. The third-order valence-electron chi connectivity index (χ3n) is 2.53. The largest absolute Gasteiger partial charge is 0.469 e. The lowest BCUT2D eigenvalue weighted by atomic mass is 10.2. The number of pyridine rings is 1. The van der Waals surface area contributed by atoms with Crippen LogP contribution in [0.3, 0.4) is 0 Å². The van der Waals surface area contributed by atoms with E-state index in [1.54, 1.807) is 13.2 Å². The van der Waals surface area contributed by atoms with Gasteiger partial charge in [0.15, 0.2) is 0 Å². The number of rotatable bonds is 5. The molecule has 0 saturated carbocycles.